The lowest BCUT2D eigenvalue weighted by Gasteiger charge is -2.13. The predicted molar refractivity (Wildman–Crippen MR) is 113 cm³/mol. The van der Waals surface area contributed by atoms with E-state index in [1.54, 1.807) is 18.2 Å². The minimum atomic E-state index is -0.311. The van der Waals surface area contributed by atoms with E-state index in [9.17, 15) is 4.79 Å². The molecule has 1 atom stereocenters. The van der Waals surface area contributed by atoms with Crippen molar-refractivity contribution in [3.63, 3.8) is 0 Å². The van der Waals surface area contributed by atoms with E-state index in [0.29, 0.717) is 27.4 Å². The van der Waals surface area contributed by atoms with Gasteiger partial charge in [0.05, 0.1) is 26.7 Å². The molecule has 0 saturated heterocycles. The number of aryl methyl sites for hydroxylation is 1. The third-order valence-corrected chi connectivity index (χ3v) is 5.75. The van der Waals surface area contributed by atoms with Gasteiger partial charge in [0.2, 0.25) is 11.8 Å². The smallest absolute Gasteiger partial charge is 0.237 e. The number of hydrogen-bond acceptors (Lipinski definition) is 4. The number of carbonyl (C=O) groups excluding carboxylic acids is 1. The zero-order valence-corrected chi connectivity index (χ0v) is 17.2. The zero-order chi connectivity index (χ0) is 19.4. The number of rotatable bonds is 6. The van der Waals surface area contributed by atoms with Gasteiger partial charge in [-0.05, 0) is 38.1 Å². The number of para-hydroxylation sites is 1. The number of nitrogens with one attached hydrogen (secondary N) is 1. The molecule has 140 valence electrons. The summed E-state index contributed by atoms with van der Waals surface area (Å²) in [7, 11) is 0. The Bertz CT molecular complexity index is 924. The second kappa shape index (κ2) is 8.83. The molecule has 1 heterocycles. The Balaban J connectivity index is 1.63. The van der Waals surface area contributed by atoms with Gasteiger partial charge < -0.3 is 9.73 Å². The molecule has 0 aliphatic heterocycles. The highest BCUT2D eigenvalue weighted by Gasteiger charge is 2.19. The summed E-state index contributed by atoms with van der Waals surface area (Å²) >= 11 is 13.7. The number of carbonyl (C=O) groups is 1. The molecule has 0 spiro atoms. The van der Waals surface area contributed by atoms with E-state index in [-0.39, 0.29) is 11.2 Å². The van der Waals surface area contributed by atoms with Gasteiger partial charge in [-0.1, -0.05) is 47.5 Å². The SMILES string of the molecule is Cc1oc(-c2ccccc2)nc1CSC(C)C(=O)Nc1c(Cl)cccc1Cl. The first-order valence-corrected chi connectivity index (χ1v) is 10.1. The van der Waals surface area contributed by atoms with Crippen LogP contribution in [0.1, 0.15) is 18.4 Å². The van der Waals surface area contributed by atoms with Gasteiger partial charge in [-0.15, -0.1) is 11.8 Å². The molecule has 0 fully saturated rings. The number of nitrogens with zero attached hydrogens (tertiary/aromatic N) is 1. The zero-order valence-electron chi connectivity index (χ0n) is 14.8. The Labute approximate surface area is 172 Å². The van der Waals surface area contributed by atoms with Crippen LogP contribution in [-0.2, 0) is 10.5 Å². The van der Waals surface area contributed by atoms with Crippen molar-refractivity contribution in [2.75, 3.05) is 5.32 Å². The van der Waals surface area contributed by atoms with E-state index in [4.69, 9.17) is 27.6 Å². The van der Waals surface area contributed by atoms with Gasteiger partial charge in [0.25, 0.3) is 0 Å². The number of halogens is 2. The van der Waals surface area contributed by atoms with Gasteiger partial charge in [0.1, 0.15) is 5.76 Å². The molecular weight excluding hydrogens is 403 g/mol. The fourth-order valence-electron chi connectivity index (χ4n) is 2.39. The molecule has 1 N–H and O–H groups in total. The summed E-state index contributed by atoms with van der Waals surface area (Å²) in [5.41, 5.74) is 2.19. The molecule has 0 radical (unpaired) electrons. The van der Waals surface area contributed by atoms with Crippen molar-refractivity contribution < 1.29 is 9.21 Å². The van der Waals surface area contributed by atoms with Crippen LogP contribution in [0.25, 0.3) is 11.5 Å². The topological polar surface area (TPSA) is 55.1 Å². The molecule has 7 heteroatoms. The van der Waals surface area contributed by atoms with Crippen molar-refractivity contribution in [2.45, 2.75) is 24.9 Å². The van der Waals surface area contributed by atoms with Crippen LogP contribution in [0.2, 0.25) is 10.0 Å². The van der Waals surface area contributed by atoms with Crippen LogP contribution in [0.4, 0.5) is 5.69 Å². The van der Waals surface area contributed by atoms with Crippen LogP contribution >= 0.6 is 35.0 Å². The van der Waals surface area contributed by atoms with E-state index in [2.05, 4.69) is 10.3 Å². The van der Waals surface area contributed by atoms with Crippen molar-refractivity contribution >= 4 is 46.6 Å². The average Bonchev–Trinajstić information content (AvgIpc) is 3.04. The van der Waals surface area contributed by atoms with E-state index >= 15 is 0 Å². The van der Waals surface area contributed by atoms with Crippen LogP contribution in [0.5, 0.6) is 0 Å². The molecule has 0 saturated carbocycles. The fraction of sp³-hybridized carbons (Fsp3) is 0.200. The number of hydrogen-bond donors (Lipinski definition) is 1. The fourth-order valence-corrected chi connectivity index (χ4v) is 3.77. The van der Waals surface area contributed by atoms with Gasteiger partial charge in [-0.25, -0.2) is 4.98 Å². The van der Waals surface area contributed by atoms with Gasteiger partial charge >= 0.3 is 0 Å². The normalized spacial score (nSPS) is 12.0. The molecule has 1 amide bonds. The number of oxazole rings is 1. The average molecular weight is 421 g/mol. The maximum absolute atomic E-state index is 12.5. The van der Waals surface area contributed by atoms with E-state index < -0.39 is 0 Å². The number of thioether (sulfide) groups is 1. The van der Waals surface area contributed by atoms with Crippen molar-refractivity contribution in [3.05, 3.63) is 70.0 Å². The molecule has 3 rings (SSSR count). The standard InChI is InChI=1S/C20H18Cl2N2O2S/c1-12-17(23-20(26-12)14-7-4-3-5-8-14)11-27-13(2)19(25)24-18-15(21)9-6-10-16(18)22/h3-10,13H,11H2,1-2H3,(H,24,25). The quantitative estimate of drug-likeness (QED) is 0.514. The predicted octanol–water partition coefficient (Wildman–Crippen LogP) is 6.22. The van der Waals surface area contributed by atoms with E-state index in [1.165, 1.54) is 11.8 Å². The first kappa shape index (κ1) is 19.8. The maximum atomic E-state index is 12.5. The summed E-state index contributed by atoms with van der Waals surface area (Å²) in [4.78, 5) is 17.0. The summed E-state index contributed by atoms with van der Waals surface area (Å²) < 4.78 is 5.76. The van der Waals surface area contributed by atoms with Gasteiger partial charge in [-0.2, -0.15) is 0 Å². The lowest BCUT2D eigenvalue weighted by Crippen LogP contribution is -2.23. The molecule has 0 bridgehead atoms. The molecule has 27 heavy (non-hydrogen) atoms. The molecule has 3 aromatic rings. The van der Waals surface area contributed by atoms with Crippen molar-refractivity contribution in [1.82, 2.24) is 4.98 Å². The Morgan fingerprint density at radius 1 is 1.15 bits per heavy atom. The van der Waals surface area contributed by atoms with Gasteiger partial charge in [-0.3, -0.25) is 4.79 Å². The third-order valence-electron chi connectivity index (χ3n) is 3.96. The number of aromatic nitrogens is 1. The number of amides is 1. The minimum Gasteiger partial charge on any atom is -0.441 e. The van der Waals surface area contributed by atoms with Crippen molar-refractivity contribution in [1.29, 1.82) is 0 Å². The highest BCUT2D eigenvalue weighted by atomic mass is 35.5. The van der Waals surface area contributed by atoms with E-state index in [0.717, 1.165) is 17.0 Å². The second-order valence-electron chi connectivity index (χ2n) is 5.93. The molecule has 4 nitrogen and oxygen atoms in total. The van der Waals surface area contributed by atoms with E-state index in [1.807, 2.05) is 44.2 Å². The molecule has 0 aliphatic rings. The Kier molecular flexibility index (Phi) is 6.47. The lowest BCUT2D eigenvalue weighted by molar-refractivity contribution is -0.115. The number of benzene rings is 2. The van der Waals surface area contributed by atoms with Crippen LogP contribution < -0.4 is 5.32 Å². The first-order chi connectivity index (χ1) is 13.0. The van der Waals surface area contributed by atoms with Crippen LogP contribution in [0.3, 0.4) is 0 Å². The Morgan fingerprint density at radius 2 is 1.81 bits per heavy atom. The van der Waals surface area contributed by atoms with Crippen molar-refractivity contribution in [2.24, 2.45) is 0 Å². The van der Waals surface area contributed by atoms with Crippen molar-refractivity contribution in [3.8, 4) is 11.5 Å². The first-order valence-electron chi connectivity index (χ1n) is 8.34. The highest BCUT2D eigenvalue weighted by molar-refractivity contribution is 7.99. The minimum absolute atomic E-state index is 0.167. The highest BCUT2D eigenvalue weighted by Crippen LogP contribution is 2.31. The second-order valence-corrected chi connectivity index (χ2v) is 8.07. The molecule has 1 unspecified atom stereocenters. The molecule has 0 aliphatic carbocycles. The van der Waals surface area contributed by atoms with Crippen LogP contribution in [-0.4, -0.2) is 16.1 Å². The number of anilines is 1. The Hall–Kier alpha value is -1.95. The van der Waals surface area contributed by atoms with Gasteiger partial charge in [0.15, 0.2) is 0 Å². The molecular formula is C20H18Cl2N2O2S. The summed E-state index contributed by atoms with van der Waals surface area (Å²) in [6.07, 6.45) is 0. The molecule has 2 aromatic carbocycles. The summed E-state index contributed by atoms with van der Waals surface area (Å²) in [6, 6.07) is 14.8. The van der Waals surface area contributed by atoms with Gasteiger partial charge in [0, 0.05) is 11.3 Å². The van der Waals surface area contributed by atoms with Crippen LogP contribution in [0.15, 0.2) is 52.9 Å². The monoisotopic (exact) mass is 420 g/mol. The molecule has 1 aromatic heterocycles. The lowest BCUT2D eigenvalue weighted by atomic mass is 10.2. The summed E-state index contributed by atoms with van der Waals surface area (Å²) in [6.45, 7) is 3.71. The van der Waals surface area contributed by atoms with Crippen LogP contribution in [0, 0.1) is 6.92 Å². The largest absolute Gasteiger partial charge is 0.441 e. The maximum Gasteiger partial charge on any atom is 0.237 e. The summed E-state index contributed by atoms with van der Waals surface area (Å²) in [5, 5.41) is 3.30. The summed E-state index contributed by atoms with van der Waals surface area (Å²) in [5.74, 6) is 1.73. The Morgan fingerprint density at radius 3 is 2.48 bits per heavy atom. The third kappa shape index (κ3) is 4.86.